The lowest BCUT2D eigenvalue weighted by atomic mass is 10.00. The number of rotatable bonds is 3. The van der Waals surface area contributed by atoms with Crippen LogP contribution in [-0.4, -0.2) is 38.3 Å². The van der Waals surface area contributed by atoms with E-state index in [0.717, 1.165) is 38.5 Å². The molecule has 12 heavy (non-hydrogen) atoms. The summed E-state index contributed by atoms with van der Waals surface area (Å²) in [4.78, 5) is 2.08. The van der Waals surface area contributed by atoms with Crippen molar-refractivity contribution in [1.29, 1.82) is 5.26 Å². The second-order valence-corrected chi connectivity index (χ2v) is 3.41. The topological polar surface area (TPSA) is 36.3 Å². The van der Waals surface area contributed by atoms with Crippen molar-refractivity contribution in [2.75, 3.05) is 33.4 Å². The smallest absolute Gasteiger partial charge is 0.0863 e. The van der Waals surface area contributed by atoms with Gasteiger partial charge in [0.05, 0.1) is 12.6 Å². The number of hydrogen-bond acceptors (Lipinski definition) is 3. The summed E-state index contributed by atoms with van der Waals surface area (Å²) in [7, 11) is 2.00. The van der Waals surface area contributed by atoms with Crippen LogP contribution in [0.3, 0.4) is 0 Å². The Labute approximate surface area is 73.9 Å². The Morgan fingerprint density at radius 1 is 1.50 bits per heavy atom. The Balaban J connectivity index is 2.16. The van der Waals surface area contributed by atoms with E-state index in [1.165, 1.54) is 0 Å². The molecule has 0 aromatic carbocycles. The fourth-order valence-electron chi connectivity index (χ4n) is 1.56. The molecule has 3 nitrogen and oxygen atoms in total. The predicted molar refractivity (Wildman–Crippen MR) is 46.7 cm³/mol. The summed E-state index contributed by atoms with van der Waals surface area (Å²) >= 11 is 0. The lowest BCUT2D eigenvalue weighted by Crippen LogP contribution is -2.29. The van der Waals surface area contributed by atoms with Gasteiger partial charge in [-0.1, -0.05) is 0 Å². The molecular formula is C9H16N2O. The van der Waals surface area contributed by atoms with Crippen LogP contribution in [0, 0.1) is 17.2 Å². The van der Waals surface area contributed by atoms with Gasteiger partial charge in [-0.05, 0) is 25.8 Å². The molecule has 0 aromatic heterocycles. The average molecular weight is 168 g/mol. The van der Waals surface area contributed by atoms with Crippen molar-refractivity contribution < 1.29 is 4.74 Å². The van der Waals surface area contributed by atoms with E-state index in [9.17, 15) is 0 Å². The van der Waals surface area contributed by atoms with Crippen LogP contribution in [0.1, 0.15) is 12.8 Å². The molecule has 0 saturated carbocycles. The molecule has 0 atom stereocenters. The van der Waals surface area contributed by atoms with Gasteiger partial charge in [0.2, 0.25) is 0 Å². The molecule has 0 aromatic rings. The Morgan fingerprint density at radius 3 is 2.75 bits per heavy atom. The highest BCUT2D eigenvalue weighted by Crippen LogP contribution is 2.14. The first-order valence-corrected chi connectivity index (χ1v) is 4.46. The van der Waals surface area contributed by atoms with Crippen molar-refractivity contribution in [1.82, 2.24) is 4.90 Å². The Kier molecular flexibility index (Phi) is 4.06. The summed E-state index contributed by atoms with van der Waals surface area (Å²) in [6, 6.07) is 2.15. The van der Waals surface area contributed by atoms with Crippen molar-refractivity contribution in [2.24, 2.45) is 5.92 Å². The van der Waals surface area contributed by atoms with Crippen molar-refractivity contribution in [3.05, 3.63) is 0 Å². The van der Waals surface area contributed by atoms with Crippen LogP contribution in [0.5, 0.6) is 0 Å². The van der Waals surface area contributed by atoms with E-state index in [-0.39, 0.29) is 0 Å². The SMILES string of the molecule is CN(CC#N)CC1CCOCC1. The maximum atomic E-state index is 8.45. The molecule has 1 rings (SSSR count). The molecule has 1 aliphatic heterocycles. The summed E-state index contributed by atoms with van der Waals surface area (Å²) in [6.45, 7) is 3.37. The summed E-state index contributed by atoms with van der Waals surface area (Å²) in [6.07, 6.45) is 2.30. The number of ether oxygens (including phenoxy) is 1. The van der Waals surface area contributed by atoms with Crippen molar-refractivity contribution in [3.8, 4) is 6.07 Å². The van der Waals surface area contributed by atoms with Gasteiger partial charge < -0.3 is 4.74 Å². The highest BCUT2D eigenvalue weighted by Gasteiger charge is 2.14. The lowest BCUT2D eigenvalue weighted by molar-refractivity contribution is 0.0571. The van der Waals surface area contributed by atoms with E-state index in [0.29, 0.717) is 6.54 Å². The van der Waals surface area contributed by atoms with Crippen LogP contribution in [-0.2, 0) is 4.74 Å². The Morgan fingerprint density at radius 2 is 2.17 bits per heavy atom. The molecule has 0 aliphatic carbocycles. The summed E-state index contributed by atoms with van der Waals surface area (Å²) in [5.74, 6) is 0.733. The molecule has 1 saturated heterocycles. The third kappa shape index (κ3) is 3.21. The van der Waals surface area contributed by atoms with Crippen molar-refractivity contribution in [3.63, 3.8) is 0 Å². The quantitative estimate of drug-likeness (QED) is 0.587. The van der Waals surface area contributed by atoms with Gasteiger partial charge in [-0.25, -0.2) is 0 Å². The normalized spacial score (nSPS) is 19.4. The lowest BCUT2D eigenvalue weighted by Gasteiger charge is -2.25. The third-order valence-corrected chi connectivity index (χ3v) is 2.25. The summed E-state index contributed by atoms with van der Waals surface area (Å²) in [5.41, 5.74) is 0. The van der Waals surface area contributed by atoms with Crippen LogP contribution in [0.25, 0.3) is 0 Å². The largest absolute Gasteiger partial charge is 0.381 e. The van der Waals surface area contributed by atoms with E-state index in [4.69, 9.17) is 10.00 Å². The molecule has 0 spiro atoms. The first-order valence-electron chi connectivity index (χ1n) is 4.46. The van der Waals surface area contributed by atoms with Gasteiger partial charge in [0.25, 0.3) is 0 Å². The first kappa shape index (κ1) is 9.50. The Hall–Kier alpha value is -0.590. The van der Waals surface area contributed by atoms with E-state index >= 15 is 0 Å². The zero-order valence-corrected chi connectivity index (χ0v) is 7.62. The maximum Gasteiger partial charge on any atom is 0.0863 e. The zero-order chi connectivity index (χ0) is 8.81. The van der Waals surface area contributed by atoms with Gasteiger partial charge >= 0.3 is 0 Å². The molecular weight excluding hydrogens is 152 g/mol. The highest BCUT2D eigenvalue weighted by molar-refractivity contribution is 4.76. The molecule has 0 unspecified atom stereocenters. The summed E-state index contributed by atoms with van der Waals surface area (Å²) in [5, 5.41) is 8.45. The average Bonchev–Trinajstić information content (AvgIpc) is 2.06. The molecule has 1 fully saturated rings. The Bertz CT molecular complexity index is 158. The highest BCUT2D eigenvalue weighted by atomic mass is 16.5. The molecule has 68 valence electrons. The number of nitrogens with zero attached hydrogens (tertiary/aromatic N) is 2. The van der Waals surface area contributed by atoms with Crippen LogP contribution in [0.4, 0.5) is 0 Å². The fraction of sp³-hybridized carbons (Fsp3) is 0.889. The fourth-order valence-corrected chi connectivity index (χ4v) is 1.56. The van der Waals surface area contributed by atoms with Crippen LogP contribution in [0.15, 0.2) is 0 Å². The van der Waals surface area contributed by atoms with E-state index in [1.807, 2.05) is 7.05 Å². The number of nitriles is 1. The van der Waals surface area contributed by atoms with Crippen LogP contribution < -0.4 is 0 Å². The first-order chi connectivity index (χ1) is 5.83. The molecule has 0 radical (unpaired) electrons. The predicted octanol–water partition coefficient (Wildman–Crippen LogP) is 0.868. The molecule has 1 heterocycles. The maximum absolute atomic E-state index is 8.45. The zero-order valence-electron chi connectivity index (χ0n) is 7.62. The minimum atomic E-state index is 0.539. The van der Waals surface area contributed by atoms with E-state index in [1.54, 1.807) is 0 Å². The van der Waals surface area contributed by atoms with E-state index in [2.05, 4.69) is 11.0 Å². The van der Waals surface area contributed by atoms with Gasteiger partial charge in [0, 0.05) is 19.8 Å². The standard InChI is InChI=1S/C9H16N2O/c1-11(5-4-10)8-9-2-6-12-7-3-9/h9H,2-3,5-8H2,1H3. The molecule has 1 aliphatic rings. The monoisotopic (exact) mass is 168 g/mol. The minimum absolute atomic E-state index is 0.539. The van der Waals surface area contributed by atoms with Crippen LogP contribution in [0.2, 0.25) is 0 Å². The van der Waals surface area contributed by atoms with Crippen molar-refractivity contribution >= 4 is 0 Å². The van der Waals surface area contributed by atoms with Gasteiger partial charge in [0.15, 0.2) is 0 Å². The van der Waals surface area contributed by atoms with Crippen molar-refractivity contribution in [2.45, 2.75) is 12.8 Å². The second-order valence-electron chi connectivity index (χ2n) is 3.41. The molecule has 3 heteroatoms. The van der Waals surface area contributed by atoms with Gasteiger partial charge in [-0.2, -0.15) is 5.26 Å². The molecule has 0 bridgehead atoms. The van der Waals surface area contributed by atoms with Gasteiger partial charge in [-0.3, -0.25) is 4.90 Å². The third-order valence-electron chi connectivity index (χ3n) is 2.25. The minimum Gasteiger partial charge on any atom is -0.381 e. The summed E-state index contributed by atoms with van der Waals surface area (Å²) < 4.78 is 5.26. The van der Waals surface area contributed by atoms with Gasteiger partial charge in [-0.15, -0.1) is 0 Å². The van der Waals surface area contributed by atoms with Crippen LogP contribution >= 0.6 is 0 Å². The number of hydrogen-bond donors (Lipinski definition) is 0. The van der Waals surface area contributed by atoms with Gasteiger partial charge in [0.1, 0.15) is 0 Å². The molecule has 0 N–H and O–H groups in total. The second kappa shape index (κ2) is 5.13. The van der Waals surface area contributed by atoms with E-state index < -0.39 is 0 Å². The molecule has 0 amide bonds.